The average Bonchev–Trinajstić information content (AvgIpc) is 2.44. The predicted molar refractivity (Wildman–Crippen MR) is 44.7 cm³/mol. The molecule has 2 aliphatic heterocycles. The fourth-order valence-corrected chi connectivity index (χ4v) is 2.40. The van der Waals surface area contributed by atoms with Crippen molar-refractivity contribution < 1.29 is 9.53 Å². The number of ether oxygens (including phenoxy) is 1. The van der Waals surface area contributed by atoms with E-state index in [-0.39, 0.29) is 11.9 Å². The zero-order valence-electron chi connectivity index (χ0n) is 7.45. The first-order valence-corrected chi connectivity index (χ1v) is 4.60. The van der Waals surface area contributed by atoms with Crippen molar-refractivity contribution in [3.8, 4) is 0 Å². The number of hydrogen-bond acceptors (Lipinski definition) is 3. The minimum atomic E-state index is -0.0217. The van der Waals surface area contributed by atoms with Gasteiger partial charge in [-0.1, -0.05) is 0 Å². The number of hydrogen-bond donors (Lipinski definition) is 0. The number of nitrogens with zero attached hydrogens (tertiary/aromatic N) is 1. The summed E-state index contributed by atoms with van der Waals surface area (Å²) in [5.41, 5.74) is 0. The van der Waals surface area contributed by atoms with Gasteiger partial charge in [0.25, 0.3) is 0 Å². The molecule has 1 unspecified atom stereocenters. The molecule has 2 saturated heterocycles. The molecule has 0 amide bonds. The molecular formula is C9H15NO2. The molecule has 68 valence electrons. The molecule has 2 rings (SSSR count). The monoisotopic (exact) mass is 169 g/mol. The van der Waals surface area contributed by atoms with Crippen LogP contribution in [0.2, 0.25) is 0 Å². The Hall–Kier alpha value is -0.570. The topological polar surface area (TPSA) is 29.5 Å². The highest BCUT2D eigenvalue weighted by Gasteiger charge is 2.35. The largest absolute Gasteiger partial charge is 0.469 e. The third-order valence-electron chi connectivity index (χ3n) is 3.00. The van der Waals surface area contributed by atoms with Crippen molar-refractivity contribution in [1.82, 2.24) is 4.90 Å². The van der Waals surface area contributed by atoms with Crippen LogP contribution in [0, 0.1) is 11.8 Å². The lowest BCUT2D eigenvalue weighted by atomic mass is 9.91. The predicted octanol–water partition coefficient (Wildman–Crippen LogP) is 0.501. The maximum absolute atomic E-state index is 11.2. The van der Waals surface area contributed by atoms with Crippen LogP contribution in [0.3, 0.4) is 0 Å². The normalized spacial score (nSPS) is 39.6. The number of fused-ring (bicyclic) bond motifs is 2. The molecule has 3 nitrogen and oxygen atoms in total. The number of piperidine rings is 1. The van der Waals surface area contributed by atoms with E-state index in [0.29, 0.717) is 0 Å². The molecule has 3 heteroatoms. The van der Waals surface area contributed by atoms with Gasteiger partial charge in [-0.25, -0.2) is 0 Å². The summed E-state index contributed by atoms with van der Waals surface area (Å²) >= 11 is 0. The molecule has 0 spiro atoms. The maximum Gasteiger partial charge on any atom is 0.309 e. The summed E-state index contributed by atoms with van der Waals surface area (Å²) in [4.78, 5) is 13.6. The van der Waals surface area contributed by atoms with E-state index in [2.05, 4.69) is 4.90 Å². The zero-order valence-corrected chi connectivity index (χ0v) is 7.45. The van der Waals surface area contributed by atoms with Gasteiger partial charge in [0, 0.05) is 13.1 Å². The van der Waals surface area contributed by atoms with Crippen molar-refractivity contribution in [1.29, 1.82) is 0 Å². The van der Waals surface area contributed by atoms with Crippen LogP contribution >= 0.6 is 0 Å². The fourth-order valence-electron chi connectivity index (χ4n) is 2.40. The summed E-state index contributed by atoms with van der Waals surface area (Å²) in [6.07, 6.45) is 2.32. The van der Waals surface area contributed by atoms with E-state index in [1.54, 1.807) is 0 Å². The van der Waals surface area contributed by atoms with Gasteiger partial charge in [0.05, 0.1) is 13.0 Å². The van der Waals surface area contributed by atoms with Crippen molar-refractivity contribution in [2.24, 2.45) is 11.8 Å². The highest BCUT2D eigenvalue weighted by Crippen LogP contribution is 2.30. The second-order valence-electron chi connectivity index (χ2n) is 3.87. The number of carbonyl (C=O) groups is 1. The summed E-state index contributed by atoms with van der Waals surface area (Å²) in [5.74, 6) is 0.880. The van der Waals surface area contributed by atoms with Crippen molar-refractivity contribution >= 4 is 5.97 Å². The van der Waals surface area contributed by atoms with Gasteiger partial charge in [0.2, 0.25) is 0 Å². The minimum absolute atomic E-state index is 0.0217. The lowest BCUT2D eigenvalue weighted by Crippen LogP contribution is -2.37. The Kier molecular flexibility index (Phi) is 2.05. The highest BCUT2D eigenvalue weighted by molar-refractivity contribution is 5.72. The molecule has 2 aliphatic rings. The number of rotatable bonds is 1. The van der Waals surface area contributed by atoms with Gasteiger partial charge < -0.3 is 9.64 Å². The average molecular weight is 169 g/mol. The van der Waals surface area contributed by atoms with Gasteiger partial charge in [-0.15, -0.1) is 0 Å². The molecule has 0 saturated carbocycles. The first-order chi connectivity index (χ1) is 5.79. The molecule has 0 N–H and O–H groups in total. The van der Waals surface area contributed by atoms with Gasteiger partial charge in [0.15, 0.2) is 0 Å². The van der Waals surface area contributed by atoms with Crippen LogP contribution < -0.4 is 0 Å². The summed E-state index contributed by atoms with van der Waals surface area (Å²) in [6, 6.07) is 0. The summed E-state index contributed by atoms with van der Waals surface area (Å²) in [7, 11) is 1.48. The van der Waals surface area contributed by atoms with Crippen molar-refractivity contribution in [3.05, 3.63) is 0 Å². The van der Waals surface area contributed by atoms with Gasteiger partial charge in [-0.3, -0.25) is 4.79 Å². The second-order valence-corrected chi connectivity index (χ2v) is 3.87. The molecule has 0 radical (unpaired) electrons. The molecule has 2 heterocycles. The third kappa shape index (κ3) is 1.33. The first-order valence-electron chi connectivity index (χ1n) is 4.60. The van der Waals surface area contributed by atoms with E-state index in [1.165, 1.54) is 26.6 Å². The number of carbonyl (C=O) groups excluding carboxylic acids is 1. The molecule has 2 bridgehead atoms. The van der Waals surface area contributed by atoms with E-state index >= 15 is 0 Å². The Bertz CT molecular complexity index is 181. The Morgan fingerprint density at radius 2 is 2.33 bits per heavy atom. The Balaban J connectivity index is 1.98. The summed E-state index contributed by atoms with van der Waals surface area (Å²) < 4.78 is 4.75. The Morgan fingerprint density at radius 1 is 1.50 bits per heavy atom. The summed E-state index contributed by atoms with van der Waals surface area (Å²) in [5, 5.41) is 0. The van der Waals surface area contributed by atoms with Crippen LogP contribution in [0.1, 0.15) is 12.8 Å². The van der Waals surface area contributed by atoms with Crippen molar-refractivity contribution in [3.63, 3.8) is 0 Å². The fraction of sp³-hybridized carbons (Fsp3) is 0.889. The molecule has 12 heavy (non-hydrogen) atoms. The van der Waals surface area contributed by atoms with Crippen molar-refractivity contribution in [2.45, 2.75) is 12.8 Å². The Morgan fingerprint density at radius 3 is 3.00 bits per heavy atom. The highest BCUT2D eigenvalue weighted by atomic mass is 16.5. The molecule has 0 aromatic carbocycles. The standard InChI is InChI=1S/C9H15NO2/c1-12-9(11)8-4-7-2-3-10(5-7)6-8/h7-8H,2-6H2,1H3/t7-,8-/m1/s1. The quantitative estimate of drug-likeness (QED) is 0.535. The van der Waals surface area contributed by atoms with E-state index in [0.717, 1.165) is 18.9 Å². The van der Waals surface area contributed by atoms with Gasteiger partial charge >= 0.3 is 5.97 Å². The first kappa shape index (κ1) is 8.05. The van der Waals surface area contributed by atoms with E-state index in [1.807, 2.05) is 0 Å². The molecule has 0 aromatic rings. The Labute approximate surface area is 72.7 Å². The zero-order chi connectivity index (χ0) is 8.55. The lowest BCUT2D eigenvalue weighted by molar-refractivity contribution is -0.147. The smallest absolute Gasteiger partial charge is 0.309 e. The lowest BCUT2D eigenvalue weighted by Gasteiger charge is -2.27. The van der Waals surface area contributed by atoms with Crippen LogP contribution in [0.4, 0.5) is 0 Å². The number of methoxy groups -OCH3 is 1. The van der Waals surface area contributed by atoms with E-state index < -0.39 is 0 Å². The third-order valence-corrected chi connectivity index (χ3v) is 3.00. The molecule has 2 fully saturated rings. The molecular weight excluding hydrogens is 154 g/mol. The number of esters is 1. The van der Waals surface area contributed by atoms with Gasteiger partial charge in [-0.2, -0.15) is 0 Å². The maximum atomic E-state index is 11.2. The van der Waals surface area contributed by atoms with Crippen LogP contribution in [-0.4, -0.2) is 37.6 Å². The van der Waals surface area contributed by atoms with E-state index in [4.69, 9.17) is 4.74 Å². The molecule has 0 aliphatic carbocycles. The van der Waals surface area contributed by atoms with Crippen LogP contribution in [-0.2, 0) is 9.53 Å². The molecule has 0 aromatic heterocycles. The van der Waals surface area contributed by atoms with Crippen LogP contribution in [0.15, 0.2) is 0 Å². The van der Waals surface area contributed by atoms with Gasteiger partial charge in [-0.05, 0) is 25.3 Å². The van der Waals surface area contributed by atoms with Crippen LogP contribution in [0.5, 0.6) is 0 Å². The van der Waals surface area contributed by atoms with Crippen LogP contribution in [0.25, 0.3) is 0 Å². The van der Waals surface area contributed by atoms with E-state index in [9.17, 15) is 4.79 Å². The second kappa shape index (κ2) is 3.05. The summed E-state index contributed by atoms with van der Waals surface area (Å²) in [6.45, 7) is 3.30. The SMILES string of the molecule is COC(=O)[C@@H]1C[C@H]2CCN(C2)C1. The van der Waals surface area contributed by atoms with Gasteiger partial charge in [0.1, 0.15) is 0 Å². The minimum Gasteiger partial charge on any atom is -0.469 e. The molecule has 3 atom stereocenters. The van der Waals surface area contributed by atoms with Crippen molar-refractivity contribution in [2.75, 3.05) is 26.7 Å².